The third-order valence-corrected chi connectivity index (χ3v) is 5.08. The van der Waals surface area contributed by atoms with E-state index in [0.717, 1.165) is 31.7 Å². The van der Waals surface area contributed by atoms with Gasteiger partial charge in [-0.2, -0.15) is 0 Å². The number of carbonyl (C=O) groups excluding carboxylic acids is 1. The molecule has 156 valence electrons. The van der Waals surface area contributed by atoms with Gasteiger partial charge in [0.2, 0.25) is 0 Å². The Labute approximate surface area is 173 Å². The SMILES string of the molecule is COc1ccc(NC(=O)Nc2cc(F)c3nc(N4CCCC4)ccc3c2)c(OC)c1. The molecule has 3 aromatic rings. The van der Waals surface area contributed by atoms with E-state index in [1.807, 2.05) is 12.1 Å². The molecule has 1 aliphatic heterocycles. The molecule has 7 nitrogen and oxygen atoms in total. The van der Waals surface area contributed by atoms with Crippen molar-refractivity contribution in [3.63, 3.8) is 0 Å². The highest BCUT2D eigenvalue weighted by Crippen LogP contribution is 2.30. The largest absolute Gasteiger partial charge is 0.497 e. The van der Waals surface area contributed by atoms with Gasteiger partial charge in [-0.1, -0.05) is 0 Å². The van der Waals surface area contributed by atoms with Crippen LogP contribution >= 0.6 is 0 Å². The van der Waals surface area contributed by atoms with Gasteiger partial charge in [-0.05, 0) is 49.2 Å². The van der Waals surface area contributed by atoms with Crippen LogP contribution in [-0.2, 0) is 0 Å². The number of hydrogen-bond acceptors (Lipinski definition) is 5. The number of hydrogen-bond donors (Lipinski definition) is 2. The van der Waals surface area contributed by atoms with Crippen LogP contribution in [0.3, 0.4) is 0 Å². The molecule has 0 saturated carbocycles. The van der Waals surface area contributed by atoms with Crippen LogP contribution in [-0.4, -0.2) is 38.3 Å². The van der Waals surface area contributed by atoms with Gasteiger partial charge in [0, 0.05) is 30.2 Å². The molecule has 1 aromatic heterocycles. The van der Waals surface area contributed by atoms with E-state index in [1.165, 1.54) is 13.2 Å². The fourth-order valence-corrected chi connectivity index (χ4v) is 3.56. The van der Waals surface area contributed by atoms with Gasteiger partial charge < -0.3 is 25.0 Å². The predicted octanol–water partition coefficient (Wildman–Crippen LogP) is 4.64. The first-order chi connectivity index (χ1) is 14.6. The average molecular weight is 410 g/mol. The quantitative estimate of drug-likeness (QED) is 0.641. The second-order valence-electron chi connectivity index (χ2n) is 7.04. The predicted molar refractivity (Wildman–Crippen MR) is 115 cm³/mol. The average Bonchev–Trinajstić information content (AvgIpc) is 3.28. The summed E-state index contributed by atoms with van der Waals surface area (Å²) in [6.07, 6.45) is 2.25. The monoisotopic (exact) mass is 410 g/mol. The number of ether oxygens (including phenoxy) is 2. The molecule has 1 fully saturated rings. The van der Waals surface area contributed by atoms with Crippen molar-refractivity contribution in [1.29, 1.82) is 0 Å². The highest BCUT2D eigenvalue weighted by Gasteiger charge is 2.16. The fourth-order valence-electron chi connectivity index (χ4n) is 3.56. The van der Waals surface area contributed by atoms with Crippen LogP contribution in [0.15, 0.2) is 42.5 Å². The summed E-state index contributed by atoms with van der Waals surface area (Å²) >= 11 is 0. The number of nitrogens with one attached hydrogen (secondary N) is 2. The van der Waals surface area contributed by atoms with E-state index in [-0.39, 0.29) is 0 Å². The van der Waals surface area contributed by atoms with Crippen LogP contribution in [0.2, 0.25) is 0 Å². The van der Waals surface area contributed by atoms with Gasteiger partial charge in [0.15, 0.2) is 5.82 Å². The summed E-state index contributed by atoms with van der Waals surface area (Å²) < 4.78 is 25.1. The highest BCUT2D eigenvalue weighted by molar-refractivity contribution is 6.02. The molecular weight excluding hydrogens is 387 g/mol. The number of urea groups is 1. The van der Waals surface area contributed by atoms with Crippen molar-refractivity contribution in [2.75, 3.05) is 42.8 Å². The van der Waals surface area contributed by atoms with Gasteiger partial charge in [0.1, 0.15) is 22.8 Å². The Balaban J connectivity index is 1.52. The molecule has 2 aromatic carbocycles. The standard InChI is InChI=1S/C22H23FN4O3/c1-29-16-6-7-18(19(13-16)30-2)25-22(28)24-15-11-14-5-8-20(27-9-3-4-10-27)26-21(14)17(23)12-15/h5-8,11-13H,3-4,9-10H2,1-2H3,(H2,24,25,28). The fraction of sp³-hybridized carbons (Fsp3) is 0.273. The van der Waals surface area contributed by atoms with Gasteiger partial charge >= 0.3 is 6.03 Å². The number of halogens is 1. The van der Waals surface area contributed by atoms with E-state index in [9.17, 15) is 9.18 Å². The van der Waals surface area contributed by atoms with Gasteiger partial charge in [0.25, 0.3) is 0 Å². The van der Waals surface area contributed by atoms with Crippen molar-refractivity contribution < 1.29 is 18.7 Å². The smallest absolute Gasteiger partial charge is 0.323 e. The number of pyridine rings is 1. The molecule has 2 N–H and O–H groups in total. The first kappa shape index (κ1) is 19.8. The number of benzene rings is 2. The van der Waals surface area contributed by atoms with Gasteiger partial charge in [0.05, 0.1) is 19.9 Å². The molecule has 0 radical (unpaired) electrons. The van der Waals surface area contributed by atoms with Crippen LogP contribution in [0.4, 0.5) is 26.4 Å². The second-order valence-corrected chi connectivity index (χ2v) is 7.04. The topological polar surface area (TPSA) is 75.7 Å². The van der Waals surface area contributed by atoms with Gasteiger partial charge in [-0.15, -0.1) is 0 Å². The van der Waals surface area contributed by atoms with Crippen molar-refractivity contribution in [3.8, 4) is 11.5 Å². The minimum absolute atomic E-state index is 0.294. The van der Waals surface area contributed by atoms with E-state index in [4.69, 9.17) is 9.47 Å². The van der Waals surface area contributed by atoms with Gasteiger partial charge in [-0.3, -0.25) is 0 Å². The molecule has 0 unspecified atom stereocenters. The number of aromatic nitrogens is 1. The Morgan fingerprint density at radius 3 is 2.57 bits per heavy atom. The Morgan fingerprint density at radius 1 is 1.03 bits per heavy atom. The third kappa shape index (κ3) is 4.07. The summed E-state index contributed by atoms with van der Waals surface area (Å²) in [5.41, 5.74) is 1.09. The summed E-state index contributed by atoms with van der Waals surface area (Å²) in [5.74, 6) is 1.36. The molecule has 4 rings (SSSR count). The lowest BCUT2D eigenvalue weighted by molar-refractivity contribution is 0.262. The Morgan fingerprint density at radius 2 is 1.83 bits per heavy atom. The van der Waals surface area contributed by atoms with E-state index < -0.39 is 11.8 Å². The van der Waals surface area contributed by atoms with Crippen LogP contribution < -0.4 is 25.0 Å². The first-order valence-corrected chi connectivity index (χ1v) is 9.72. The zero-order valence-corrected chi connectivity index (χ0v) is 16.9. The minimum atomic E-state index is -0.515. The van der Waals surface area contributed by atoms with Crippen molar-refractivity contribution >= 4 is 34.1 Å². The number of anilines is 3. The maximum absolute atomic E-state index is 14.7. The van der Waals surface area contributed by atoms with Crippen molar-refractivity contribution in [3.05, 3.63) is 48.3 Å². The van der Waals surface area contributed by atoms with Crippen LogP contribution in [0.25, 0.3) is 10.9 Å². The van der Waals surface area contributed by atoms with E-state index in [1.54, 1.807) is 31.4 Å². The number of methoxy groups -OCH3 is 2. The van der Waals surface area contributed by atoms with Crippen LogP contribution in [0, 0.1) is 5.82 Å². The van der Waals surface area contributed by atoms with E-state index in [2.05, 4.69) is 20.5 Å². The van der Waals surface area contributed by atoms with Crippen molar-refractivity contribution in [2.45, 2.75) is 12.8 Å². The highest BCUT2D eigenvalue weighted by atomic mass is 19.1. The summed E-state index contributed by atoms with van der Waals surface area (Å²) in [4.78, 5) is 19.1. The van der Waals surface area contributed by atoms with Crippen molar-refractivity contribution in [2.24, 2.45) is 0 Å². The molecule has 0 bridgehead atoms. The first-order valence-electron chi connectivity index (χ1n) is 9.72. The Kier molecular flexibility index (Phi) is 5.56. The number of amides is 2. The minimum Gasteiger partial charge on any atom is -0.497 e. The maximum atomic E-state index is 14.7. The maximum Gasteiger partial charge on any atom is 0.323 e. The molecular formula is C22H23FN4O3. The molecule has 0 atom stereocenters. The lowest BCUT2D eigenvalue weighted by atomic mass is 10.2. The Hall–Kier alpha value is -3.55. The molecule has 2 amide bonds. The molecule has 2 heterocycles. The number of carbonyl (C=O) groups is 1. The third-order valence-electron chi connectivity index (χ3n) is 5.08. The van der Waals surface area contributed by atoms with Crippen molar-refractivity contribution in [1.82, 2.24) is 4.98 Å². The molecule has 8 heteroatoms. The van der Waals surface area contributed by atoms with E-state index >= 15 is 0 Å². The normalized spacial score (nSPS) is 13.4. The number of nitrogens with zero attached hydrogens (tertiary/aromatic N) is 2. The second kappa shape index (κ2) is 8.44. The van der Waals surface area contributed by atoms with E-state index in [0.29, 0.717) is 33.8 Å². The van der Waals surface area contributed by atoms with Crippen LogP contribution in [0.5, 0.6) is 11.5 Å². The Bertz CT molecular complexity index is 1080. The number of rotatable bonds is 5. The van der Waals surface area contributed by atoms with Gasteiger partial charge in [-0.25, -0.2) is 14.2 Å². The lowest BCUT2D eigenvalue weighted by Crippen LogP contribution is -2.20. The molecule has 0 aliphatic carbocycles. The van der Waals surface area contributed by atoms with Crippen LogP contribution in [0.1, 0.15) is 12.8 Å². The summed E-state index contributed by atoms with van der Waals surface area (Å²) in [6.45, 7) is 1.88. The summed E-state index contributed by atoms with van der Waals surface area (Å²) in [6, 6.07) is 11.2. The number of fused-ring (bicyclic) bond motifs is 1. The zero-order valence-electron chi connectivity index (χ0n) is 16.9. The summed E-state index contributed by atoms with van der Waals surface area (Å²) in [7, 11) is 3.05. The lowest BCUT2D eigenvalue weighted by Gasteiger charge is -2.17. The molecule has 1 saturated heterocycles. The molecule has 0 spiro atoms. The summed E-state index contributed by atoms with van der Waals surface area (Å²) in [5, 5.41) is 5.98. The molecule has 30 heavy (non-hydrogen) atoms. The molecule has 1 aliphatic rings. The zero-order chi connectivity index (χ0) is 21.1.